The van der Waals surface area contributed by atoms with Crippen LogP contribution < -0.4 is 5.73 Å². The fourth-order valence-electron chi connectivity index (χ4n) is 3.08. The van der Waals surface area contributed by atoms with Crippen LogP contribution in [-0.2, 0) is 4.79 Å². The highest BCUT2D eigenvalue weighted by atomic mass is 35.5. The molecule has 26 heavy (non-hydrogen) atoms. The summed E-state index contributed by atoms with van der Waals surface area (Å²) in [4.78, 5) is 28.7. The van der Waals surface area contributed by atoms with Crippen LogP contribution in [0.1, 0.15) is 48.9 Å². The maximum absolute atomic E-state index is 12.6. The van der Waals surface area contributed by atoms with Gasteiger partial charge in [0.15, 0.2) is 0 Å². The first-order chi connectivity index (χ1) is 12.1. The van der Waals surface area contributed by atoms with Gasteiger partial charge in [-0.3, -0.25) is 9.59 Å². The van der Waals surface area contributed by atoms with Gasteiger partial charge in [0.2, 0.25) is 5.91 Å². The largest absolute Gasteiger partial charge is 0.341 e. The summed E-state index contributed by atoms with van der Waals surface area (Å²) in [5.41, 5.74) is 6.12. The Labute approximate surface area is 167 Å². The third-order valence-electron chi connectivity index (χ3n) is 4.57. The molecule has 0 spiro atoms. The molecule has 0 saturated carbocycles. The number of carbonyl (C=O) groups is 2. The predicted octanol–water partition coefficient (Wildman–Crippen LogP) is 3.35. The quantitative estimate of drug-likeness (QED) is 0.712. The number of nitrogens with two attached hydrogens (primary N) is 1. The lowest BCUT2D eigenvalue weighted by molar-refractivity contribution is -0.131. The number of carbonyl (C=O) groups excluding carboxylic acids is 2. The molecule has 1 aliphatic heterocycles. The number of hydrogen-bond donors (Lipinski definition) is 1. The van der Waals surface area contributed by atoms with Gasteiger partial charge in [0.05, 0.1) is 0 Å². The zero-order chi connectivity index (χ0) is 18.1. The van der Waals surface area contributed by atoms with E-state index in [0.717, 1.165) is 45.2 Å². The average Bonchev–Trinajstić information content (AvgIpc) is 2.87. The van der Waals surface area contributed by atoms with E-state index < -0.39 is 0 Å². The molecule has 1 aromatic carbocycles. The van der Waals surface area contributed by atoms with E-state index in [1.165, 1.54) is 0 Å². The van der Waals surface area contributed by atoms with Gasteiger partial charge in [0.1, 0.15) is 0 Å². The summed E-state index contributed by atoms with van der Waals surface area (Å²) < 4.78 is 0. The number of amides is 2. The fraction of sp³-hybridized carbons (Fsp3) is 0.579. The van der Waals surface area contributed by atoms with Gasteiger partial charge in [-0.2, -0.15) is 0 Å². The molecule has 2 rings (SSSR count). The summed E-state index contributed by atoms with van der Waals surface area (Å²) in [6.07, 6.45) is 5.50. The van der Waals surface area contributed by atoms with Crippen LogP contribution in [0.3, 0.4) is 0 Å². The second-order valence-corrected chi connectivity index (χ2v) is 6.92. The summed E-state index contributed by atoms with van der Waals surface area (Å²) >= 11 is 5.88. The van der Waals surface area contributed by atoms with Crippen LogP contribution in [0.15, 0.2) is 24.3 Å². The molecule has 1 heterocycles. The molecule has 0 aromatic heterocycles. The molecule has 1 aromatic rings. The number of halogens is 2. The monoisotopic (exact) mass is 401 g/mol. The molecule has 0 bridgehead atoms. The lowest BCUT2D eigenvalue weighted by Gasteiger charge is -2.22. The normalized spacial score (nSPS) is 14.5. The van der Waals surface area contributed by atoms with E-state index in [4.69, 9.17) is 17.3 Å². The van der Waals surface area contributed by atoms with Crippen molar-refractivity contribution in [1.82, 2.24) is 9.80 Å². The van der Waals surface area contributed by atoms with Gasteiger partial charge < -0.3 is 15.5 Å². The third-order valence-corrected chi connectivity index (χ3v) is 4.82. The lowest BCUT2D eigenvalue weighted by atomic mass is 10.1. The van der Waals surface area contributed by atoms with E-state index in [2.05, 4.69) is 0 Å². The van der Waals surface area contributed by atoms with Gasteiger partial charge in [-0.1, -0.05) is 24.4 Å². The molecule has 1 fully saturated rings. The standard InChI is InChI=1S/C19H28ClN3O2.ClH/c20-17-9-7-16(8-10-17)19(25)23-13-5-12-22(14-15-23)18(24)6-3-1-2-4-11-21;/h7-10H,1-6,11-15,21H2;1H. The minimum atomic E-state index is 0. The van der Waals surface area contributed by atoms with Crippen molar-refractivity contribution in [3.05, 3.63) is 34.9 Å². The van der Waals surface area contributed by atoms with Crippen LogP contribution in [0.5, 0.6) is 0 Å². The van der Waals surface area contributed by atoms with Crippen molar-refractivity contribution in [2.24, 2.45) is 5.73 Å². The van der Waals surface area contributed by atoms with E-state index in [1.807, 2.05) is 9.80 Å². The Morgan fingerprint density at radius 1 is 0.923 bits per heavy atom. The van der Waals surface area contributed by atoms with Crippen LogP contribution in [0.4, 0.5) is 0 Å². The number of hydrogen-bond acceptors (Lipinski definition) is 3. The van der Waals surface area contributed by atoms with E-state index in [0.29, 0.717) is 36.6 Å². The Hall–Kier alpha value is -1.30. The van der Waals surface area contributed by atoms with Crippen molar-refractivity contribution in [3.63, 3.8) is 0 Å². The molecule has 0 radical (unpaired) electrons. The fourth-order valence-corrected chi connectivity index (χ4v) is 3.20. The molecule has 0 atom stereocenters. The summed E-state index contributed by atoms with van der Waals surface area (Å²) in [5.74, 6) is 0.210. The highest BCUT2D eigenvalue weighted by Crippen LogP contribution is 2.14. The van der Waals surface area contributed by atoms with Gasteiger partial charge in [-0.05, 0) is 50.1 Å². The zero-order valence-electron chi connectivity index (χ0n) is 15.2. The molecule has 7 heteroatoms. The first-order valence-corrected chi connectivity index (χ1v) is 9.52. The Morgan fingerprint density at radius 2 is 1.54 bits per heavy atom. The van der Waals surface area contributed by atoms with Crippen LogP contribution in [0.25, 0.3) is 0 Å². The minimum Gasteiger partial charge on any atom is -0.341 e. The molecule has 146 valence electrons. The summed E-state index contributed by atoms with van der Waals surface area (Å²) in [6, 6.07) is 6.96. The SMILES string of the molecule is Cl.NCCCCCCC(=O)N1CCCN(C(=O)c2ccc(Cl)cc2)CC1. The number of benzene rings is 1. The first-order valence-electron chi connectivity index (χ1n) is 9.14. The molecule has 5 nitrogen and oxygen atoms in total. The summed E-state index contributed by atoms with van der Waals surface area (Å²) in [7, 11) is 0. The Bertz CT molecular complexity index is 566. The molecule has 2 N–H and O–H groups in total. The van der Waals surface area contributed by atoms with E-state index in [1.54, 1.807) is 24.3 Å². The third kappa shape index (κ3) is 7.14. The van der Waals surface area contributed by atoms with Gasteiger partial charge in [-0.15, -0.1) is 12.4 Å². The van der Waals surface area contributed by atoms with Crippen LogP contribution in [-0.4, -0.2) is 54.3 Å². The highest BCUT2D eigenvalue weighted by Gasteiger charge is 2.22. The maximum Gasteiger partial charge on any atom is 0.253 e. The van der Waals surface area contributed by atoms with Crippen molar-refractivity contribution in [1.29, 1.82) is 0 Å². The highest BCUT2D eigenvalue weighted by molar-refractivity contribution is 6.30. The van der Waals surface area contributed by atoms with Gasteiger partial charge >= 0.3 is 0 Å². The van der Waals surface area contributed by atoms with E-state index in [9.17, 15) is 9.59 Å². The van der Waals surface area contributed by atoms with Crippen molar-refractivity contribution in [3.8, 4) is 0 Å². The van der Waals surface area contributed by atoms with Crippen molar-refractivity contribution in [2.75, 3.05) is 32.7 Å². The smallest absolute Gasteiger partial charge is 0.253 e. The number of rotatable bonds is 7. The number of unbranched alkanes of at least 4 members (excludes halogenated alkanes) is 3. The number of nitrogens with zero attached hydrogens (tertiary/aromatic N) is 2. The minimum absolute atomic E-state index is 0. The molecule has 1 aliphatic rings. The van der Waals surface area contributed by atoms with Gasteiger partial charge in [0.25, 0.3) is 5.91 Å². The van der Waals surface area contributed by atoms with Gasteiger partial charge in [-0.25, -0.2) is 0 Å². The molecular formula is C19H29Cl2N3O2. The van der Waals surface area contributed by atoms with Crippen molar-refractivity contribution >= 4 is 35.8 Å². The zero-order valence-corrected chi connectivity index (χ0v) is 16.7. The Kier molecular flexibility index (Phi) is 10.6. The molecular weight excluding hydrogens is 373 g/mol. The second kappa shape index (κ2) is 12.2. The van der Waals surface area contributed by atoms with Crippen molar-refractivity contribution < 1.29 is 9.59 Å². The molecule has 2 amide bonds. The second-order valence-electron chi connectivity index (χ2n) is 6.49. The summed E-state index contributed by atoms with van der Waals surface area (Å²) in [6.45, 7) is 3.33. The van der Waals surface area contributed by atoms with Crippen LogP contribution in [0.2, 0.25) is 5.02 Å². The van der Waals surface area contributed by atoms with Gasteiger partial charge in [0, 0.05) is 43.2 Å². The lowest BCUT2D eigenvalue weighted by Crippen LogP contribution is -2.37. The predicted molar refractivity (Wildman–Crippen MR) is 108 cm³/mol. The maximum atomic E-state index is 12.6. The topological polar surface area (TPSA) is 66.6 Å². The van der Waals surface area contributed by atoms with E-state index >= 15 is 0 Å². The Balaban J connectivity index is 0.00000338. The van der Waals surface area contributed by atoms with Crippen molar-refractivity contribution in [2.45, 2.75) is 38.5 Å². The average molecular weight is 402 g/mol. The van der Waals surface area contributed by atoms with E-state index in [-0.39, 0.29) is 24.2 Å². The molecule has 0 aliphatic carbocycles. The molecule has 1 saturated heterocycles. The Morgan fingerprint density at radius 3 is 2.23 bits per heavy atom. The summed E-state index contributed by atoms with van der Waals surface area (Å²) in [5, 5.41) is 0.621. The van der Waals surface area contributed by atoms with Crippen LogP contribution >= 0.6 is 24.0 Å². The first kappa shape index (κ1) is 22.7. The molecule has 0 unspecified atom stereocenters. The van der Waals surface area contributed by atoms with Crippen LogP contribution in [0, 0.1) is 0 Å².